The summed E-state index contributed by atoms with van der Waals surface area (Å²) in [5.41, 5.74) is 1.88. The van der Waals surface area contributed by atoms with E-state index in [2.05, 4.69) is 54.5 Å². The van der Waals surface area contributed by atoms with Gasteiger partial charge in [-0.25, -0.2) is 0 Å². The zero-order valence-electron chi connectivity index (χ0n) is 17.1. The molecule has 0 aromatic carbocycles. The Balaban J connectivity index is 2.18. The maximum absolute atomic E-state index is 7.02. The molecule has 0 amide bonds. The first kappa shape index (κ1) is 20.0. The predicted octanol–water partition coefficient (Wildman–Crippen LogP) is 6.68. The van der Waals surface area contributed by atoms with E-state index in [0.29, 0.717) is 28.6 Å². The largest absolute Gasteiger partial charge is 0.546 e. The van der Waals surface area contributed by atoms with Crippen LogP contribution in [-0.2, 0) is 9.16 Å². The summed E-state index contributed by atoms with van der Waals surface area (Å²) in [6.45, 7) is 17.3. The molecule has 0 spiro atoms. The van der Waals surface area contributed by atoms with Crippen molar-refractivity contribution >= 4 is 8.32 Å². The van der Waals surface area contributed by atoms with E-state index in [1.54, 1.807) is 0 Å². The van der Waals surface area contributed by atoms with Gasteiger partial charge in [-0.15, -0.1) is 0 Å². The van der Waals surface area contributed by atoms with Crippen LogP contribution in [0, 0.1) is 11.8 Å². The Kier molecular flexibility index (Phi) is 7.01. The van der Waals surface area contributed by atoms with Gasteiger partial charge in [0.15, 0.2) is 0 Å². The molecule has 1 aliphatic carbocycles. The van der Waals surface area contributed by atoms with Crippen LogP contribution in [0.3, 0.4) is 0 Å². The number of hydrogen-bond donors (Lipinski definition) is 0. The zero-order valence-corrected chi connectivity index (χ0v) is 18.1. The SMILES string of the molecule is CC(C)[Si](OC1=CCO[C@H](C2CCCCC2)[C@@H]1C)(C(C)C)C(C)C. The summed E-state index contributed by atoms with van der Waals surface area (Å²) < 4.78 is 13.2. The topological polar surface area (TPSA) is 18.5 Å². The number of hydrogen-bond acceptors (Lipinski definition) is 2. The number of rotatable bonds is 6. The highest BCUT2D eigenvalue weighted by Gasteiger charge is 2.48. The van der Waals surface area contributed by atoms with Crippen LogP contribution in [0.5, 0.6) is 0 Å². The molecule has 3 heteroatoms. The molecule has 1 aliphatic heterocycles. The van der Waals surface area contributed by atoms with Crippen LogP contribution in [0.25, 0.3) is 0 Å². The summed E-state index contributed by atoms with van der Waals surface area (Å²) in [5, 5.41) is 0. The van der Waals surface area contributed by atoms with Crippen LogP contribution in [0.15, 0.2) is 11.8 Å². The van der Waals surface area contributed by atoms with Crippen molar-refractivity contribution in [1.82, 2.24) is 0 Å². The van der Waals surface area contributed by atoms with Gasteiger partial charge in [-0.3, -0.25) is 0 Å². The van der Waals surface area contributed by atoms with E-state index < -0.39 is 8.32 Å². The summed E-state index contributed by atoms with van der Waals surface area (Å²) in [6, 6.07) is 0. The molecule has 0 radical (unpaired) electrons. The Morgan fingerprint density at radius 1 is 0.958 bits per heavy atom. The van der Waals surface area contributed by atoms with E-state index in [4.69, 9.17) is 9.16 Å². The molecule has 1 saturated carbocycles. The first-order chi connectivity index (χ1) is 11.3. The fourth-order valence-electron chi connectivity index (χ4n) is 5.43. The lowest BCUT2D eigenvalue weighted by Gasteiger charge is -2.46. The lowest BCUT2D eigenvalue weighted by molar-refractivity contribution is -0.0320. The summed E-state index contributed by atoms with van der Waals surface area (Å²) in [4.78, 5) is 0. The summed E-state index contributed by atoms with van der Waals surface area (Å²) in [5.74, 6) is 2.39. The minimum atomic E-state index is -1.86. The molecule has 0 bridgehead atoms. The van der Waals surface area contributed by atoms with Gasteiger partial charge in [-0.05, 0) is 41.5 Å². The van der Waals surface area contributed by atoms with Crippen LogP contribution in [0.4, 0.5) is 0 Å². The molecule has 24 heavy (non-hydrogen) atoms. The predicted molar refractivity (Wildman–Crippen MR) is 106 cm³/mol. The monoisotopic (exact) mass is 352 g/mol. The third-order valence-corrected chi connectivity index (χ3v) is 12.6. The van der Waals surface area contributed by atoms with Gasteiger partial charge < -0.3 is 9.16 Å². The molecule has 0 aromatic heterocycles. The molecule has 0 aromatic rings. The first-order valence-corrected chi connectivity index (χ1v) is 12.4. The van der Waals surface area contributed by atoms with Gasteiger partial charge in [0.2, 0.25) is 0 Å². The van der Waals surface area contributed by atoms with Crippen LogP contribution >= 0.6 is 0 Å². The Labute approximate surface area is 151 Å². The molecule has 0 N–H and O–H groups in total. The Morgan fingerprint density at radius 3 is 2.00 bits per heavy atom. The quantitative estimate of drug-likeness (QED) is 0.496. The van der Waals surface area contributed by atoms with Gasteiger partial charge in [0.05, 0.1) is 18.5 Å². The molecule has 140 valence electrons. The number of ether oxygens (including phenoxy) is 1. The fraction of sp³-hybridized carbons (Fsp3) is 0.905. The van der Waals surface area contributed by atoms with E-state index in [1.165, 1.54) is 37.9 Å². The van der Waals surface area contributed by atoms with Crippen molar-refractivity contribution in [2.24, 2.45) is 11.8 Å². The summed E-state index contributed by atoms with van der Waals surface area (Å²) >= 11 is 0. The third kappa shape index (κ3) is 3.93. The normalized spacial score (nSPS) is 27.0. The highest BCUT2D eigenvalue weighted by Crippen LogP contribution is 2.46. The van der Waals surface area contributed by atoms with Gasteiger partial charge >= 0.3 is 0 Å². The molecular formula is C21H40O2Si. The smallest absolute Gasteiger partial charge is 0.258 e. The van der Waals surface area contributed by atoms with Gasteiger partial charge in [-0.2, -0.15) is 0 Å². The summed E-state index contributed by atoms with van der Waals surface area (Å²) in [6.07, 6.45) is 9.43. The van der Waals surface area contributed by atoms with E-state index in [1.807, 2.05) is 0 Å². The lowest BCUT2D eigenvalue weighted by atomic mass is 9.79. The molecule has 2 aliphatic rings. The summed E-state index contributed by atoms with van der Waals surface area (Å²) in [7, 11) is -1.86. The molecule has 1 heterocycles. The minimum absolute atomic E-state index is 0.364. The molecule has 2 nitrogen and oxygen atoms in total. The Morgan fingerprint density at radius 2 is 1.50 bits per heavy atom. The molecular weight excluding hydrogens is 312 g/mol. The van der Waals surface area contributed by atoms with Crippen LogP contribution < -0.4 is 0 Å². The van der Waals surface area contributed by atoms with E-state index >= 15 is 0 Å². The van der Waals surface area contributed by atoms with Crippen LogP contribution in [-0.4, -0.2) is 21.0 Å². The third-order valence-electron chi connectivity index (χ3n) is 6.63. The minimum Gasteiger partial charge on any atom is -0.546 e. The fourth-order valence-corrected chi connectivity index (χ4v) is 10.8. The molecule has 2 rings (SSSR count). The van der Waals surface area contributed by atoms with Gasteiger partial charge in [0.25, 0.3) is 8.32 Å². The highest BCUT2D eigenvalue weighted by molar-refractivity contribution is 6.77. The van der Waals surface area contributed by atoms with Crippen LogP contribution in [0.2, 0.25) is 16.6 Å². The van der Waals surface area contributed by atoms with Crippen molar-refractivity contribution in [3.63, 3.8) is 0 Å². The Bertz CT molecular complexity index is 400. The Hall–Kier alpha value is -0.283. The van der Waals surface area contributed by atoms with E-state index in [9.17, 15) is 0 Å². The second-order valence-corrected chi connectivity index (χ2v) is 14.4. The van der Waals surface area contributed by atoms with Gasteiger partial charge in [0.1, 0.15) is 0 Å². The first-order valence-electron chi connectivity index (χ1n) is 10.3. The standard InChI is InChI=1S/C21H40O2Si/c1-15(2)24(16(3)4,17(5)6)23-20-13-14-22-21(18(20)7)19-11-9-8-10-12-19/h13,15-19,21H,8-12,14H2,1-7H3/t18-,21+/m1/s1. The van der Waals surface area contributed by atoms with Crippen molar-refractivity contribution in [1.29, 1.82) is 0 Å². The van der Waals surface area contributed by atoms with Crippen molar-refractivity contribution in [2.75, 3.05) is 6.61 Å². The molecule has 0 unspecified atom stereocenters. The average molecular weight is 353 g/mol. The van der Waals surface area contributed by atoms with Gasteiger partial charge in [-0.1, -0.05) is 67.7 Å². The molecule has 1 fully saturated rings. The van der Waals surface area contributed by atoms with Gasteiger partial charge in [0, 0.05) is 5.92 Å². The van der Waals surface area contributed by atoms with E-state index in [0.717, 1.165) is 12.5 Å². The lowest BCUT2D eigenvalue weighted by Crippen LogP contribution is -2.49. The maximum Gasteiger partial charge on any atom is 0.258 e. The van der Waals surface area contributed by atoms with Crippen molar-refractivity contribution < 1.29 is 9.16 Å². The van der Waals surface area contributed by atoms with Crippen molar-refractivity contribution in [2.45, 2.75) is 103 Å². The maximum atomic E-state index is 7.02. The molecule has 2 atom stereocenters. The molecule has 0 saturated heterocycles. The van der Waals surface area contributed by atoms with Crippen molar-refractivity contribution in [3.05, 3.63) is 11.8 Å². The second-order valence-electron chi connectivity index (χ2n) is 9.01. The van der Waals surface area contributed by atoms with Crippen molar-refractivity contribution in [3.8, 4) is 0 Å². The van der Waals surface area contributed by atoms with Crippen LogP contribution in [0.1, 0.15) is 80.6 Å². The zero-order chi connectivity index (χ0) is 17.9. The second kappa shape index (κ2) is 8.40. The average Bonchev–Trinajstić information content (AvgIpc) is 2.53. The highest BCUT2D eigenvalue weighted by atomic mass is 28.4. The van der Waals surface area contributed by atoms with E-state index in [-0.39, 0.29) is 0 Å².